The number of esters is 1. The number of ether oxygens (including phenoxy) is 2. The molecule has 1 heterocycles. The van der Waals surface area contributed by atoms with Crippen molar-refractivity contribution < 1.29 is 28.6 Å². The lowest BCUT2D eigenvalue weighted by molar-refractivity contribution is -0.142. The number of carbonyl (C=O) groups is 2. The van der Waals surface area contributed by atoms with Crippen LogP contribution in [0.15, 0.2) is 0 Å². The molecule has 1 rings (SSSR count). The second-order valence-corrected chi connectivity index (χ2v) is 14.4. The zero-order valence-electron chi connectivity index (χ0n) is 18.4. The van der Waals surface area contributed by atoms with Gasteiger partial charge in [0.15, 0.2) is 14.4 Å². The van der Waals surface area contributed by atoms with Crippen molar-refractivity contribution in [1.82, 2.24) is 0 Å². The molecule has 1 N–H and O–H groups in total. The number of methoxy groups -OCH3 is 1. The molecule has 1 aliphatic rings. The van der Waals surface area contributed by atoms with Crippen LogP contribution in [0.4, 0.5) is 0 Å². The maximum Gasteiger partial charge on any atom is 0.337 e. The lowest BCUT2D eigenvalue weighted by Crippen LogP contribution is -2.52. The van der Waals surface area contributed by atoms with E-state index in [0.29, 0.717) is 12.8 Å². The van der Waals surface area contributed by atoms with Gasteiger partial charge >= 0.3 is 5.97 Å². The Kier molecular flexibility index (Phi) is 7.84. The van der Waals surface area contributed by atoms with Crippen LogP contribution < -0.4 is 0 Å². The fraction of sp³-hybridized carbons (Fsp3) is 0.900. The van der Waals surface area contributed by atoms with E-state index in [-0.39, 0.29) is 35.4 Å². The molecule has 7 heteroatoms. The molecule has 0 aromatic heterocycles. The van der Waals surface area contributed by atoms with Crippen LogP contribution >= 0.6 is 0 Å². The first-order chi connectivity index (χ1) is 12.2. The van der Waals surface area contributed by atoms with Gasteiger partial charge in [0.25, 0.3) is 0 Å². The Bertz CT molecular complexity index is 537. The first-order valence-corrected chi connectivity index (χ1v) is 12.7. The van der Waals surface area contributed by atoms with Gasteiger partial charge in [0.2, 0.25) is 0 Å². The molecule has 0 bridgehead atoms. The second-order valence-electron chi connectivity index (χ2n) is 9.65. The molecule has 27 heavy (non-hydrogen) atoms. The highest BCUT2D eigenvalue weighted by atomic mass is 28.4. The Morgan fingerprint density at radius 1 is 1.19 bits per heavy atom. The number of hydrogen-bond acceptors (Lipinski definition) is 6. The van der Waals surface area contributed by atoms with Gasteiger partial charge in [-0.15, -0.1) is 0 Å². The third kappa shape index (κ3) is 6.11. The summed E-state index contributed by atoms with van der Waals surface area (Å²) < 4.78 is 16.9. The van der Waals surface area contributed by atoms with Crippen molar-refractivity contribution in [3.05, 3.63) is 0 Å². The van der Waals surface area contributed by atoms with Gasteiger partial charge in [0, 0.05) is 24.7 Å². The maximum atomic E-state index is 11.9. The summed E-state index contributed by atoms with van der Waals surface area (Å²) in [6.45, 7) is 16.4. The van der Waals surface area contributed by atoms with Crippen LogP contribution in [0.5, 0.6) is 0 Å². The molecule has 1 aliphatic heterocycles. The fourth-order valence-corrected chi connectivity index (χ4v) is 4.20. The predicted molar refractivity (Wildman–Crippen MR) is 107 cm³/mol. The van der Waals surface area contributed by atoms with Crippen molar-refractivity contribution in [1.29, 1.82) is 0 Å². The summed E-state index contributed by atoms with van der Waals surface area (Å²) in [4.78, 5) is 23.6. The van der Waals surface area contributed by atoms with E-state index in [1.807, 2.05) is 13.8 Å². The number of epoxide rings is 1. The molecular weight excluding hydrogens is 364 g/mol. The fourth-order valence-electron chi connectivity index (χ4n) is 2.73. The van der Waals surface area contributed by atoms with Crippen LogP contribution in [0.3, 0.4) is 0 Å². The normalized spacial score (nSPS) is 22.9. The molecule has 1 fully saturated rings. The summed E-state index contributed by atoms with van der Waals surface area (Å²) in [5.41, 5.74) is -0.660. The Labute approximate surface area is 165 Å². The van der Waals surface area contributed by atoms with Gasteiger partial charge in [0.1, 0.15) is 5.78 Å². The van der Waals surface area contributed by atoms with Gasteiger partial charge in [-0.1, -0.05) is 41.5 Å². The van der Waals surface area contributed by atoms with Gasteiger partial charge in [-0.25, -0.2) is 4.79 Å². The number of carbonyl (C=O) groups excluding carboxylic acids is 2. The van der Waals surface area contributed by atoms with Gasteiger partial charge in [-0.3, -0.25) is 4.79 Å². The quantitative estimate of drug-likeness (QED) is 0.342. The molecule has 0 saturated carbocycles. The molecule has 4 atom stereocenters. The van der Waals surface area contributed by atoms with Crippen molar-refractivity contribution >= 4 is 20.1 Å². The molecule has 6 nitrogen and oxygen atoms in total. The number of Topliss-reactive ketones (excluding diaryl/α,β-unsaturated/α-hetero) is 1. The number of rotatable bonds is 10. The minimum atomic E-state index is -2.14. The highest BCUT2D eigenvalue weighted by Crippen LogP contribution is 2.44. The lowest BCUT2D eigenvalue weighted by Gasteiger charge is -2.46. The van der Waals surface area contributed by atoms with Gasteiger partial charge in [-0.2, -0.15) is 0 Å². The lowest BCUT2D eigenvalue weighted by atomic mass is 9.77. The predicted octanol–water partition coefficient (Wildman–Crippen LogP) is 3.46. The van der Waals surface area contributed by atoms with E-state index in [4.69, 9.17) is 13.9 Å². The minimum absolute atomic E-state index is 0.00230. The zero-order chi connectivity index (χ0) is 21.2. The molecule has 0 radical (unpaired) electrons. The summed E-state index contributed by atoms with van der Waals surface area (Å²) in [5.74, 6) is -0.359. The van der Waals surface area contributed by atoms with Crippen molar-refractivity contribution in [2.75, 3.05) is 7.11 Å². The monoisotopic (exact) mass is 402 g/mol. The number of aliphatic hydroxyl groups is 1. The van der Waals surface area contributed by atoms with E-state index in [9.17, 15) is 14.7 Å². The summed E-state index contributed by atoms with van der Waals surface area (Å²) >= 11 is 0. The van der Waals surface area contributed by atoms with Crippen LogP contribution in [0.1, 0.15) is 60.8 Å². The number of ketones is 1. The smallest absolute Gasteiger partial charge is 0.337 e. The molecule has 0 spiro atoms. The standard InChI is InChI=1S/C20H38O6Si/c1-10-13(21)11-15(22)20(5,6)16(26-27(8,9)19(2,3)4)12-14-17(25-14)18(23)24-7/h14-17,22H,10-12H2,1-9H3/t14-,15-,16-,17+/m1/s1. The summed E-state index contributed by atoms with van der Waals surface area (Å²) in [7, 11) is -0.794. The number of hydrogen-bond donors (Lipinski definition) is 1. The maximum absolute atomic E-state index is 11.9. The van der Waals surface area contributed by atoms with Crippen LogP contribution in [0, 0.1) is 5.41 Å². The average Bonchev–Trinajstić information content (AvgIpc) is 3.31. The van der Waals surface area contributed by atoms with Crippen LogP contribution in [0.2, 0.25) is 18.1 Å². The van der Waals surface area contributed by atoms with Crippen LogP contribution in [-0.4, -0.2) is 56.7 Å². The molecule has 0 amide bonds. The molecular formula is C20H38O6Si. The first kappa shape index (κ1) is 24.3. The molecule has 0 aliphatic carbocycles. The Balaban J connectivity index is 3.02. The summed E-state index contributed by atoms with van der Waals surface area (Å²) in [5, 5.41) is 10.8. The van der Waals surface area contributed by atoms with E-state index >= 15 is 0 Å². The van der Waals surface area contributed by atoms with E-state index in [0.717, 1.165) is 0 Å². The molecule has 158 valence electrons. The Morgan fingerprint density at radius 2 is 1.74 bits per heavy atom. The topological polar surface area (TPSA) is 85.4 Å². The van der Waals surface area contributed by atoms with Gasteiger partial charge in [0.05, 0.1) is 25.4 Å². The van der Waals surface area contributed by atoms with Crippen LogP contribution in [-0.2, 0) is 23.5 Å². The van der Waals surface area contributed by atoms with E-state index in [2.05, 4.69) is 33.9 Å². The van der Waals surface area contributed by atoms with E-state index in [1.165, 1.54) is 7.11 Å². The minimum Gasteiger partial charge on any atom is -0.467 e. The van der Waals surface area contributed by atoms with Crippen molar-refractivity contribution in [3.8, 4) is 0 Å². The molecule has 0 aromatic carbocycles. The summed E-state index contributed by atoms with van der Waals surface area (Å²) in [6, 6.07) is 0. The molecule has 0 unspecified atom stereocenters. The van der Waals surface area contributed by atoms with Crippen LogP contribution in [0.25, 0.3) is 0 Å². The van der Waals surface area contributed by atoms with E-state index < -0.39 is 25.9 Å². The first-order valence-electron chi connectivity index (χ1n) is 9.78. The van der Waals surface area contributed by atoms with Crippen molar-refractivity contribution in [2.45, 2.75) is 103 Å². The largest absolute Gasteiger partial charge is 0.467 e. The highest BCUT2D eigenvalue weighted by Gasteiger charge is 2.52. The van der Waals surface area contributed by atoms with Crippen molar-refractivity contribution in [3.63, 3.8) is 0 Å². The Morgan fingerprint density at radius 3 is 2.19 bits per heavy atom. The molecule has 1 saturated heterocycles. The Hall–Kier alpha value is -0.763. The summed E-state index contributed by atoms with van der Waals surface area (Å²) in [6.07, 6.45) is -1.01. The third-order valence-corrected chi connectivity index (χ3v) is 10.7. The highest BCUT2D eigenvalue weighted by molar-refractivity contribution is 6.74. The van der Waals surface area contributed by atoms with Gasteiger partial charge < -0.3 is 19.0 Å². The average molecular weight is 403 g/mol. The van der Waals surface area contributed by atoms with Crippen molar-refractivity contribution in [2.24, 2.45) is 5.41 Å². The zero-order valence-corrected chi connectivity index (χ0v) is 19.4. The SMILES string of the molecule is CCC(=O)C[C@@H](O)C(C)(C)[C@@H](C[C@H]1O[C@@H]1C(=O)OC)O[Si](C)(C)C(C)(C)C. The third-order valence-electron chi connectivity index (χ3n) is 6.21. The number of aliphatic hydroxyl groups excluding tert-OH is 1. The van der Waals surface area contributed by atoms with Gasteiger partial charge in [-0.05, 0) is 18.1 Å². The molecule has 0 aromatic rings. The van der Waals surface area contributed by atoms with E-state index in [1.54, 1.807) is 6.92 Å². The second kappa shape index (κ2) is 8.72.